The van der Waals surface area contributed by atoms with Gasteiger partial charge in [0.2, 0.25) is 11.7 Å². The van der Waals surface area contributed by atoms with Crippen LogP contribution in [0, 0.1) is 56.2 Å². The Morgan fingerprint density at radius 1 is 1.13 bits per heavy atom. The van der Waals surface area contributed by atoms with E-state index in [2.05, 4.69) is 25.1 Å². The molecule has 3 heterocycles. The molecule has 0 aromatic heterocycles. The Morgan fingerprint density at radius 3 is 2.50 bits per heavy atom. The zero-order valence-electron chi connectivity index (χ0n) is 17.0. The minimum atomic E-state index is -1.83. The predicted octanol–water partition coefficient (Wildman–Crippen LogP) is 4.37. The van der Waals surface area contributed by atoms with Crippen molar-refractivity contribution < 1.29 is 14.2 Å². The van der Waals surface area contributed by atoms with Gasteiger partial charge in [-0.05, 0) is 37.0 Å². The SMILES string of the molecule is CCCCOc1ccc([C@@H]2O[C@@]34CCCC[C@@H]3C(C#N)(C#N)[C@@]2(C#N)C(=N)O4)cc1. The van der Waals surface area contributed by atoms with Gasteiger partial charge in [-0.25, -0.2) is 0 Å². The highest BCUT2D eigenvalue weighted by Gasteiger charge is 2.80. The third kappa shape index (κ3) is 2.47. The van der Waals surface area contributed by atoms with Gasteiger partial charge in [0.05, 0.1) is 30.7 Å². The van der Waals surface area contributed by atoms with E-state index >= 15 is 0 Å². The molecule has 0 radical (unpaired) electrons. The van der Waals surface area contributed by atoms with E-state index in [0.29, 0.717) is 30.8 Å². The molecule has 1 aromatic rings. The van der Waals surface area contributed by atoms with Crippen LogP contribution in [0.5, 0.6) is 5.75 Å². The van der Waals surface area contributed by atoms with Crippen LogP contribution in [0.25, 0.3) is 0 Å². The fraction of sp³-hybridized carbons (Fsp3) is 0.565. The minimum absolute atomic E-state index is 0.342. The number of benzene rings is 1. The highest BCUT2D eigenvalue weighted by Crippen LogP contribution is 2.69. The average Bonchev–Trinajstić information content (AvgIpc) is 2.78. The van der Waals surface area contributed by atoms with Gasteiger partial charge in [0.15, 0.2) is 10.8 Å². The number of hydrogen-bond donors (Lipinski definition) is 1. The molecule has 4 atom stereocenters. The number of nitrogens with one attached hydrogen (secondary N) is 1. The molecule has 3 aliphatic heterocycles. The Kier molecular flexibility index (Phi) is 4.92. The Balaban J connectivity index is 1.80. The van der Waals surface area contributed by atoms with E-state index in [1.165, 1.54) is 0 Å². The van der Waals surface area contributed by atoms with Crippen molar-refractivity contribution in [3.63, 3.8) is 0 Å². The van der Waals surface area contributed by atoms with E-state index in [9.17, 15) is 15.8 Å². The molecule has 30 heavy (non-hydrogen) atoms. The zero-order chi connectivity index (χ0) is 21.4. The molecule has 0 unspecified atom stereocenters. The summed E-state index contributed by atoms with van der Waals surface area (Å²) < 4.78 is 18.0. The molecule has 1 saturated carbocycles. The lowest BCUT2D eigenvalue weighted by atomic mass is 9.48. The summed E-state index contributed by atoms with van der Waals surface area (Å²) in [6, 6.07) is 13.6. The number of unbranched alkanes of at least 4 members (excludes halogenated alkanes) is 1. The number of nitriles is 3. The molecule has 4 aliphatic rings. The molecule has 154 valence electrons. The number of rotatable bonds is 5. The van der Waals surface area contributed by atoms with Crippen LogP contribution in [0.1, 0.15) is 57.1 Å². The molecule has 3 saturated heterocycles. The van der Waals surface area contributed by atoms with Gasteiger partial charge in [-0.3, -0.25) is 5.41 Å². The molecule has 1 N–H and O–H groups in total. The van der Waals surface area contributed by atoms with Crippen LogP contribution in [0.3, 0.4) is 0 Å². The number of nitrogens with zero attached hydrogens (tertiary/aromatic N) is 3. The van der Waals surface area contributed by atoms with Crippen LogP contribution >= 0.6 is 0 Å². The summed E-state index contributed by atoms with van der Waals surface area (Å²) in [5, 5.41) is 39.2. The molecule has 7 nitrogen and oxygen atoms in total. The summed E-state index contributed by atoms with van der Waals surface area (Å²) in [4.78, 5) is 0. The molecular weight excluding hydrogens is 380 g/mol. The van der Waals surface area contributed by atoms with Crippen molar-refractivity contribution in [1.29, 1.82) is 21.2 Å². The van der Waals surface area contributed by atoms with Gasteiger partial charge in [-0.1, -0.05) is 31.9 Å². The average molecular weight is 404 g/mol. The fourth-order valence-corrected chi connectivity index (χ4v) is 5.21. The fourth-order valence-electron chi connectivity index (χ4n) is 5.21. The minimum Gasteiger partial charge on any atom is -0.494 e. The summed E-state index contributed by atoms with van der Waals surface area (Å²) in [6.07, 6.45) is 3.73. The van der Waals surface area contributed by atoms with Crippen molar-refractivity contribution in [2.75, 3.05) is 6.61 Å². The summed E-state index contributed by atoms with van der Waals surface area (Å²) in [6.45, 7) is 2.71. The smallest absolute Gasteiger partial charge is 0.218 e. The first-order valence-electron chi connectivity index (χ1n) is 10.5. The molecule has 1 aliphatic carbocycles. The van der Waals surface area contributed by atoms with Crippen LogP contribution in [0.2, 0.25) is 0 Å². The van der Waals surface area contributed by atoms with E-state index in [0.717, 1.165) is 25.7 Å². The van der Waals surface area contributed by atoms with Crippen LogP contribution in [0.15, 0.2) is 24.3 Å². The highest BCUT2D eigenvalue weighted by atomic mass is 16.7. The van der Waals surface area contributed by atoms with E-state index in [1.807, 2.05) is 0 Å². The van der Waals surface area contributed by atoms with Gasteiger partial charge < -0.3 is 14.2 Å². The van der Waals surface area contributed by atoms with Gasteiger partial charge in [0, 0.05) is 6.42 Å². The van der Waals surface area contributed by atoms with Gasteiger partial charge >= 0.3 is 0 Å². The van der Waals surface area contributed by atoms with Gasteiger partial charge in [-0.15, -0.1) is 0 Å². The summed E-state index contributed by atoms with van der Waals surface area (Å²) in [5.41, 5.74) is -2.91. The van der Waals surface area contributed by atoms with E-state index in [4.69, 9.17) is 19.6 Å². The van der Waals surface area contributed by atoms with Crippen molar-refractivity contribution in [3.8, 4) is 24.0 Å². The van der Waals surface area contributed by atoms with Crippen LogP contribution in [-0.4, -0.2) is 18.3 Å². The van der Waals surface area contributed by atoms with Crippen LogP contribution < -0.4 is 4.74 Å². The lowest BCUT2D eigenvalue weighted by molar-refractivity contribution is -0.360. The van der Waals surface area contributed by atoms with Gasteiger partial charge in [0.25, 0.3) is 0 Å². The lowest BCUT2D eigenvalue weighted by Gasteiger charge is -2.63. The zero-order valence-corrected chi connectivity index (χ0v) is 17.0. The molecule has 2 bridgehead atoms. The largest absolute Gasteiger partial charge is 0.494 e. The predicted molar refractivity (Wildman–Crippen MR) is 106 cm³/mol. The molecule has 7 heteroatoms. The van der Waals surface area contributed by atoms with Crippen molar-refractivity contribution >= 4 is 5.90 Å². The van der Waals surface area contributed by atoms with Gasteiger partial charge in [-0.2, -0.15) is 15.8 Å². The molecule has 0 amide bonds. The molecule has 1 aromatic carbocycles. The third-order valence-electron chi connectivity index (χ3n) is 6.77. The standard InChI is InChI=1S/C23H24N4O3/c1-2-3-12-28-17-9-7-16(8-10-17)19-22(15-26)20(27)30-23(29-19)11-5-4-6-18(23)21(22,13-24)14-25/h7-10,18-19,27H,2-6,11-12H2,1H3/t18-,19+,22-,23-/m1/s1. The molecular formula is C23H24N4O3. The van der Waals surface area contributed by atoms with Crippen molar-refractivity contribution in [1.82, 2.24) is 0 Å². The normalized spacial score (nSPS) is 33.3. The lowest BCUT2D eigenvalue weighted by Crippen LogP contribution is -2.73. The monoisotopic (exact) mass is 404 g/mol. The van der Waals surface area contributed by atoms with Crippen molar-refractivity contribution in [2.24, 2.45) is 16.7 Å². The van der Waals surface area contributed by atoms with Crippen LogP contribution in [-0.2, 0) is 9.47 Å². The van der Waals surface area contributed by atoms with Crippen molar-refractivity contribution in [3.05, 3.63) is 29.8 Å². The third-order valence-corrected chi connectivity index (χ3v) is 6.77. The second-order valence-electron chi connectivity index (χ2n) is 8.26. The number of hydrogen-bond acceptors (Lipinski definition) is 7. The maximum Gasteiger partial charge on any atom is 0.218 e. The van der Waals surface area contributed by atoms with Crippen LogP contribution in [0.4, 0.5) is 0 Å². The first-order valence-corrected chi connectivity index (χ1v) is 10.5. The summed E-state index contributed by atoms with van der Waals surface area (Å²) in [5.74, 6) is -1.44. The van der Waals surface area contributed by atoms with E-state index in [1.54, 1.807) is 24.3 Å². The first-order chi connectivity index (χ1) is 14.5. The second-order valence-corrected chi connectivity index (χ2v) is 8.26. The maximum absolute atomic E-state index is 10.3. The van der Waals surface area contributed by atoms with Gasteiger partial charge in [0.1, 0.15) is 11.9 Å². The number of ether oxygens (including phenoxy) is 3. The Hall–Kier alpha value is -3.08. The Morgan fingerprint density at radius 2 is 1.87 bits per heavy atom. The quantitative estimate of drug-likeness (QED) is 0.727. The van der Waals surface area contributed by atoms with E-state index in [-0.39, 0.29) is 5.90 Å². The maximum atomic E-state index is 10.3. The Bertz CT molecular complexity index is 956. The summed E-state index contributed by atoms with van der Waals surface area (Å²) >= 11 is 0. The van der Waals surface area contributed by atoms with E-state index < -0.39 is 28.6 Å². The second kappa shape index (κ2) is 7.31. The molecule has 1 spiro atoms. The molecule has 5 rings (SSSR count). The number of fused-ring (bicyclic) bond motifs is 2. The Labute approximate surface area is 176 Å². The van der Waals surface area contributed by atoms with Crippen molar-refractivity contribution in [2.45, 2.75) is 57.3 Å². The summed E-state index contributed by atoms with van der Waals surface area (Å²) in [7, 11) is 0. The first kappa shape index (κ1) is 20.2. The topological polar surface area (TPSA) is 123 Å². The molecule has 4 fully saturated rings. The highest BCUT2D eigenvalue weighted by molar-refractivity contribution is 5.89.